The Morgan fingerprint density at radius 1 is 1.15 bits per heavy atom. The van der Waals surface area contributed by atoms with Crippen LogP contribution in [0.3, 0.4) is 0 Å². The third-order valence-corrected chi connectivity index (χ3v) is 5.19. The summed E-state index contributed by atoms with van der Waals surface area (Å²) in [4.78, 5) is 19.2. The molecule has 2 heterocycles. The van der Waals surface area contributed by atoms with Gasteiger partial charge in [0.15, 0.2) is 5.65 Å². The maximum Gasteiger partial charge on any atom is 0.228 e. The van der Waals surface area contributed by atoms with Gasteiger partial charge in [-0.3, -0.25) is 4.79 Å². The fourth-order valence-electron chi connectivity index (χ4n) is 2.93. The lowest BCUT2D eigenvalue weighted by Crippen LogP contribution is -2.29. The van der Waals surface area contributed by atoms with Crippen LogP contribution in [0.5, 0.6) is 0 Å². The minimum absolute atomic E-state index is 0.0246. The molecular weight excluding hydrogens is 405 g/mol. The minimum atomic E-state index is 0.0246. The molecule has 0 bridgehead atoms. The highest BCUT2D eigenvalue weighted by Crippen LogP contribution is 2.31. The number of fused-ring (bicyclic) bond motifs is 1. The third kappa shape index (κ3) is 4.40. The monoisotopic (exact) mass is 423 g/mol. The largest absolute Gasteiger partial charge is 0.345 e. The summed E-state index contributed by atoms with van der Waals surface area (Å²) >= 11 is 18.6. The van der Waals surface area contributed by atoms with Crippen LogP contribution in [0.4, 0.5) is 0 Å². The van der Waals surface area contributed by atoms with Crippen LogP contribution in [-0.4, -0.2) is 33.8 Å². The van der Waals surface area contributed by atoms with Gasteiger partial charge < -0.3 is 9.30 Å². The van der Waals surface area contributed by atoms with Crippen molar-refractivity contribution in [3.63, 3.8) is 0 Å². The molecule has 3 aromatic rings. The van der Waals surface area contributed by atoms with Crippen LogP contribution in [0.1, 0.15) is 25.5 Å². The van der Waals surface area contributed by atoms with Crippen molar-refractivity contribution in [2.24, 2.45) is 0 Å². The van der Waals surface area contributed by atoms with Crippen LogP contribution in [0.2, 0.25) is 15.1 Å². The molecule has 0 saturated heterocycles. The van der Waals surface area contributed by atoms with Gasteiger partial charge in [0.1, 0.15) is 0 Å². The van der Waals surface area contributed by atoms with Crippen LogP contribution < -0.4 is 0 Å². The molecule has 0 aliphatic heterocycles. The number of likely N-dealkylation sites (N-methyl/N-ethyl adjacent to an activating group) is 1. The molecule has 2 aromatic heterocycles. The summed E-state index contributed by atoms with van der Waals surface area (Å²) in [5, 5.41) is 1.57. The number of halogens is 3. The maximum atomic E-state index is 12.8. The van der Waals surface area contributed by atoms with E-state index in [9.17, 15) is 4.79 Å². The van der Waals surface area contributed by atoms with Crippen LogP contribution in [-0.2, 0) is 11.2 Å². The van der Waals surface area contributed by atoms with Crippen molar-refractivity contribution in [2.45, 2.75) is 26.2 Å². The average Bonchev–Trinajstić information content (AvgIpc) is 2.99. The Kier molecular flexibility index (Phi) is 6.30. The quantitative estimate of drug-likeness (QED) is 0.504. The molecule has 0 aliphatic carbocycles. The normalized spacial score (nSPS) is 11.1. The van der Waals surface area contributed by atoms with Crippen molar-refractivity contribution < 1.29 is 4.79 Å². The van der Waals surface area contributed by atoms with E-state index in [0.717, 1.165) is 30.6 Å². The summed E-state index contributed by atoms with van der Waals surface area (Å²) in [7, 11) is 1.82. The van der Waals surface area contributed by atoms with Gasteiger partial charge in [-0.2, -0.15) is 0 Å². The lowest BCUT2D eigenvalue weighted by Gasteiger charge is -2.17. The van der Waals surface area contributed by atoms with E-state index in [-0.39, 0.29) is 12.3 Å². The fraction of sp³-hybridized carbons (Fsp3) is 0.300. The lowest BCUT2D eigenvalue weighted by molar-refractivity contribution is -0.129. The molecular formula is C20H20Cl3N3O. The van der Waals surface area contributed by atoms with Gasteiger partial charge in [0.2, 0.25) is 5.91 Å². The van der Waals surface area contributed by atoms with E-state index in [2.05, 4.69) is 11.9 Å². The summed E-state index contributed by atoms with van der Waals surface area (Å²) in [6.45, 7) is 2.83. The van der Waals surface area contributed by atoms with Gasteiger partial charge >= 0.3 is 0 Å². The summed E-state index contributed by atoms with van der Waals surface area (Å²) in [5.41, 5.74) is 2.90. The third-order valence-electron chi connectivity index (χ3n) is 4.45. The highest BCUT2D eigenvalue weighted by molar-refractivity contribution is 6.36. The smallest absolute Gasteiger partial charge is 0.228 e. The van der Waals surface area contributed by atoms with E-state index in [1.165, 1.54) is 0 Å². The van der Waals surface area contributed by atoms with Gasteiger partial charge in [0, 0.05) is 30.4 Å². The molecule has 0 radical (unpaired) electrons. The zero-order valence-electron chi connectivity index (χ0n) is 15.2. The number of pyridine rings is 1. The second-order valence-electron chi connectivity index (χ2n) is 6.46. The first-order valence-corrected chi connectivity index (χ1v) is 9.90. The molecule has 1 amide bonds. The number of rotatable bonds is 6. The zero-order chi connectivity index (χ0) is 19.6. The highest BCUT2D eigenvalue weighted by atomic mass is 35.5. The Morgan fingerprint density at radius 3 is 2.52 bits per heavy atom. The molecule has 4 nitrogen and oxygen atoms in total. The predicted octanol–water partition coefficient (Wildman–Crippen LogP) is 5.76. The molecule has 0 aliphatic rings. The van der Waals surface area contributed by atoms with Gasteiger partial charge in [-0.1, -0.05) is 60.3 Å². The van der Waals surface area contributed by atoms with Crippen LogP contribution in [0, 0.1) is 0 Å². The number of benzene rings is 1. The topological polar surface area (TPSA) is 37.6 Å². The van der Waals surface area contributed by atoms with Crippen LogP contribution in [0.25, 0.3) is 16.9 Å². The number of hydrogen-bond donors (Lipinski definition) is 0. The second-order valence-corrected chi connectivity index (χ2v) is 7.74. The van der Waals surface area contributed by atoms with E-state index in [0.29, 0.717) is 26.4 Å². The molecule has 27 heavy (non-hydrogen) atoms. The van der Waals surface area contributed by atoms with Crippen molar-refractivity contribution in [2.75, 3.05) is 13.6 Å². The number of nitrogens with zero attached hydrogens (tertiary/aromatic N) is 3. The first kappa shape index (κ1) is 20.0. The standard InChI is InChI=1S/C20H20Cl3N3O/c1-3-4-9-25(2)18(27)11-17-19(13-5-7-14(21)8-6-13)24-20-16(23)10-15(22)12-26(17)20/h5-8,10,12H,3-4,9,11H2,1-2H3. The molecule has 0 saturated carbocycles. The SMILES string of the molecule is CCCCN(C)C(=O)Cc1c(-c2ccc(Cl)cc2)nc2c(Cl)cc(Cl)cn12. The highest BCUT2D eigenvalue weighted by Gasteiger charge is 2.20. The van der Waals surface area contributed by atoms with Crippen LogP contribution in [0.15, 0.2) is 36.5 Å². The van der Waals surface area contributed by atoms with E-state index in [1.54, 1.807) is 33.7 Å². The van der Waals surface area contributed by atoms with Gasteiger partial charge in [0.05, 0.1) is 27.9 Å². The number of hydrogen-bond acceptors (Lipinski definition) is 2. The first-order chi connectivity index (χ1) is 12.9. The zero-order valence-corrected chi connectivity index (χ0v) is 17.4. The average molecular weight is 425 g/mol. The van der Waals surface area contributed by atoms with E-state index in [1.807, 2.05) is 19.2 Å². The molecule has 1 aromatic carbocycles. The Morgan fingerprint density at radius 2 is 1.85 bits per heavy atom. The minimum Gasteiger partial charge on any atom is -0.345 e. The maximum absolute atomic E-state index is 12.8. The van der Waals surface area contributed by atoms with Crippen LogP contribution >= 0.6 is 34.8 Å². The summed E-state index contributed by atoms with van der Waals surface area (Å²) in [6.07, 6.45) is 3.95. The van der Waals surface area contributed by atoms with Crippen molar-refractivity contribution in [1.29, 1.82) is 0 Å². The number of amides is 1. The van der Waals surface area contributed by atoms with Gasteiger partial charge in [-0.15, -0.1) is 0 Å². The second kappa shape index (κ2) is 8.51. The Labute approximate surface area is 173 Å². The van der Waals surface area contributed by atoms with Crippen molar-refractivity contribution >= 4 is 46.4 Å². The van der Waals surface area contributed by atoms with Gasteiger partial charge in [-0.05, 0) is 24.6 Å². The van der Waals surface area contributed by atoms with Crippen molar-refractivity contribution in [3.8, 4) is 11.3 Å². The Bertz CT molecular complexity index is 967. The predicted molar refractivity (Wildman–Crippen MR) is 112 cm³/mol. The van der Waals surface area contributed by atoms with E-state index < -0.39 is 0 Å². The molecule has 0 N–H and O–H groups in total. The summed E-state index contributed by atoms with van der Waals surface area (Å²) in [5.74, 6) is 0.0246. The molecule has 0 spiro atoms. The Balaban J connectivity index is 2.09. The summed E-state index contributed by atoms with van der Waals surface area (Å²) in [6, 6.07) is 9.02. The number of aromatic nitrogens is 2. The number of unbranched alkanes of at least 4 members (excludes halogenated alkanes) is 1. The first-order valence-electron chi connectivity index (χ1n) is 8.76. The van der Waals surface area contributed by atoms with Crippen molar-refractivity contribution in [3.05, 3.63) is 57.3 Å². The lowest BCUT2D eigenvalue weighted by atomic mass is 10.1. The molecule has 0 fully saturated rings. The molecule has 0 atom stereocenters. The van der Waals surface area contributed by atoms with E-state index >= 15 is 0 Å². The summed E-state index contributed by atoms with van der Waals surface area (Å²) < 4.78 is 1.81. The number of carbonyl (C=O) groups excluding carboxylic acids is 1. The fourth-order valence-corrected chi connectivity index (χ4v) is 3.57. The van der Waals surface area contributed by atoms with Crippen molar-refractivity contribution in [1.82, 2.24) is 14.3 Å². The number of carbonyl (C=O) groups is 1. The number of imidazole rings is 1. The van der Waals surface area contributed by atoms with E-state index in [4.69, 9.17) is 34.8 Å². The molecule has 142 valence electrons. The molecule has 0 unspecified atom stereocenters. The van der Waals surface area contributed by atoms with Gasteiger partial charge in [-0.25, -0.2) is 4.98 Å². The molecule has 3 rings (SSSR count). The van der Waals surface area contributed by atoms with Gasteiger partial charge in [0.25, 0.3) is 0 Å². The Hall–Kier alpha value is -1.75. The molecule has 7 heteroatoms.